The Morgan fingerprint density at radius 1 is 1.53 bits per heavy atom. The summed E-state index contributed by atoms with van der Waals surface area (Å²) in [6, 6.07) is 5.66. The summed E-state index contributed by atoms with van der Waals surface area (Å²) in [5, 5.41) is 12.6. The van der Waals surface area contributed by atoms with Gasteiger partial charge < -0.3 is 10.4 Å². The van der Waals surface area contributed by atoms with E-state index in [9.17, 15) is 9.90 Å². The predicted molar refractivity (Wildman–Crippen MR) is 66.9 cm³/mol. The standard InChI is InChI=1S/C14H19NO2/c1-9-3-4-11(7-13(9)16)8-14(17)15-10(2)12-5-6-12/h3-4,7,10,12,16H,5-6,8H2,1-2H3,(H,15,17)/t10-/m1/s1. The number of amides is 1. The maximum atomic E-state index is 11.8. The molecule has 1 aromatic rings. The summed E-state index contributed by atoms with van der Waals surface area (Å²) in [7, 11) is 0. The van der Waals surface area contributed by atoms with Crippen molar-refractivity contribution in [3.05, 3.63) is 29.3 Å². The van der Waals surface area contributed by atoms with Crippen LogP contribution in [0.4, 0.5) is 0 Å². The van der Waals surface area contributed by atoms with Crippen molar-refractivity contribution >= 4 is 5.91 Å². The van der Waals surface area contributed by atoms with Crippen LogP contribution in [0.3, 0.4) is 0 Å². The Balaban J connectivity index is 1.90. The number of benzene rings is 1. The fraction of sp³-hybridized carbons (Fsp3) is 0.500. The van der Waals surface area contributed by atoms with E-state index in [4.69, 9.17) is 0 Å². The molecule has 2 rings (SSSR count). The molecule has 0 bridgehead atoms. The third-order valence-corrected chi connectivity index (χ3v) is 3.36. The fourth-order valence-electron chi connectivity index (χ4n) is 1.97. The highest BCUT2D eigenvalue weighted by atomic mass is 16.3. The van der Waals surface area contributed by atoms with Gasteiger partial charge in [-0.05, 0) is 49.8 Å². The van der Waals surface area contributed by atoms with E-state index < -0.39 is 0 Å². The number of aryl methyl sites for hydroxylation is 1. The number of phenolic OH excluding ortho intramolecular Hbond substituents is 1. The summed E-state index contributed by atoms with van der Waals surface area (Å²) in [4.78, 5) is 11.8. The van der Waals surface area contributed by atoms with Crippen LogP contribution in [-0.4, -0.2) is 17.1 Å². The normalized spacial score (nSPS) is 16.6. The monoisotopic (exact) mass is 233 g/mol. The van der Waals surface area contributed by atoms with Gasteiger partial charge in [0.2, 0.25) is 5.91 Å². The van der Waals surface area contributed by atoms with Crippen molar-refractivity contribution < 1.29 is 9.90 Å². The Labute approximate surface area is 102 Å². The first-order valence-corrected chi connectivity index (χ1v) is 6.14. The van der Waals surface area contributed by atoms with Crippen LogP contribution < -0.4 is 5.32 Å². The summed E-state index contributed by atoms with van der Waals surface area (Å²) in [5.74, 6) is 0.962. The highest BCUT2D eigenvalue weighted by Crippen LogP contribution is 2.32. The number of rotatable bonds is 4. The van der Waals surface area contributed by atoms with Gasteiger partial charge in [-0.2, -0.15) is 0 Å². The minimum absolute atomic E-state index is 0.0349. The van der Waals surface area contributed by atoms with Crippen molar-refractivity contribution in [1.82, 2.24) is 5.32 Å². The number of carbonyl (C=O) groups excluding carboxylic acids is 1. The largest absolute Gasteiger partial charge is 0.508 e. The second-order valence-electron chi connectivity index (χ2n) is 4.99. The zero-order valence-electron chi connectivity index (χ0n) is 10.4. The van der Waals surface area contributed by atoms with Crippen LogP contribution in [-0.2, 0) is 11.2 Å². The van der Waals surface area contributed by atoms with E-state index in [1.807, 2.05) is 19.1 Å². The first-order chi connectivity index (χ1) is 8.06. The van der Waals surface area contributed by atoms with Gasteiger partial charge in [0.05, 0.1) is 6.42 Å². The molecule has 0 radical (unpaired) electrons. The van der Waals surface area contributed by atoms with Crippen molar-refractivity contribution in [2.24, 2.45) is 5.92 Å². The quantitative estimate of drug-likeness (QED) is 0.837. The predicted octanol–water partition coefficient (Wildman–Crippen LogP) is 2.16. The van der Waals surface area contributed by atoms with Crippen LogP contribution >= 0.6 is 0 Å². The minimum Gasteiger partial charge on any atom is -0.508 e. The van der Waals surface area contributed by atoms with E-state index in [1.54, 1.807) is 6.07 Å². The Bertz CT molecular complexity index is 424. The molecule has 0 aliphatic heterocycles. The zero-order chi connectivity index (χ0) is 12.4. The summed E-state index contributed by atoms with van der Waals surface area (Å²) in [6.07, 6.45) is 2.80. The van der Waals surface area contributed by atoms with Crippen LogP contribution in [0.2, 0.25) is 0 Å². The van der Waals surface area contributed by atoms with Crippen LogP contribution in [0.25, 0.3) is 0 Å². The lowest BCUT2D eigenvalue weighted by molar-refractivity contribution is -0.121. The number of hydrogen-bond acceptors (Lipinski definition) is 2. The molecular formula is C14H19NO2. The van der Waals surface area contributed by atoms with E-state index in [0.717, 1.165) is 11.1 Å². The first kappa shape index (κ1) is 12.0. The molecule has 1 aliphatic rings. The van der Waals surface area contributed by atoms with Crippen molar-refractivity contribution in [3.63, 3.8) is 0 Å². The van der Waals surface area contributed by atoms with Gasteiger partial charge >= 0.3 is 0 Å². The average molecular weight is 233 g/mol. The topological polar surface area (TPSA) is 49.3 Å². The molecule has 2 N–H and O–H groups in total. The third kappa shape index (κ3) is 3.22. The van der Waals surface area contributed by atoms with Gasteiger partial charge in [0.1, 0.15) is 5.75 Å². The highest BCUT2D eigenvalue weighted by molar-refractivity contribution is 5.79. The van der Waals surface area contributed by atoms with E-state index in [0.29, 0.717) is 12.3 Å². The molecule has 3 nitrogen and oxygen atoms in total. The molecule has 17 heavy (non-hydrogen) atoms. The second kappa shape index (κ2) is 4.78. The minimum atomic E-state index is 0.0349. The molecule has 1 aromatic carbocycles. The molecule has 1 amide bonds. The van der Waals surface area contributed by atoms with Gasteiger partial charge in [-0.25, -0.2) is 0 Å². The average Bonchev–Trinajstić information content (AvgIpc) is 3.06. The van der Waals surface area contributed by atoms with Crippen LogP contribution in [0.15, 0.2) is 18.2 Å². The Kier molecular flexibility index (Phi) is 3.36. The number of aromatic hydroxyl groups is 1. The number of phenols is 1. The van der Waals surface area contributed by atoms with Gasteiger partial charge in [0.15, 0.2) is 0 Å². The lowest BCUT2D eigenvalue weighted by Crippen LogP contribution is -2.35. The van der Waals surface area contributed by atoms with Crippen molar-refractivity contribution in [2.75, 3.05) is 0 Å². The van der Waals surface area contributed by atoms with Crippen molar-refractivity contribution in [2.45, 2.75) is 39.2 Å². The summed E-state index contributed by atoms with van der Waals surface area (Å²) in [6.45, 7) is 3.90. The van der Waals surface area contributed by atoms with E-state index in [1.165, 1.54) is 12.8 Å². The van der Waals surface area contributed by atoms with Gasteiger partial charge in [0.25, 0.3) is 0 Å². The molecule has 0 spiro atoms. The molecule has 0 unspecified atom stereocenters. The highest BCUT2D eigenvalue weighted by Gasteiger charge is 2.28. The molecule has 3 heteroatoms. The molecule has 0 heterocycles. The van der Waals surface area contributed by atoms with E-state index in [2.05, 4.69) is 12.2 Å². The van der Waals surface area contributed by atoms with Gasteiger partial charge in [-0.15, -0.1) is 0 Å². The second-order valence-corrected chi connectivity index (χ2v) is 4.99. The van der Waals surface area contributed by atoms with Gasteiger partial charge in [-0.3, -0.25) is 4.79 Å². The third-order valence-electron chi connectivity index (χ3n) is 3.36. The van der Waals surface area contributed by atoms with E-state index >= 15 is 0 Å². The van der Waals surface area contributed by atoms with Crippen molar-refractivity contribution in [3.8, 4) is 5.75 Å². The smallest absolute Gasteiger partial charge is 0.224 e. The number of nitrogens with one attached hydrogen (secondary N) is 1. The SMILES string of the molecule is Cc1ccc(CC(=O)N[C@H](C)C2CC2)cc1O. The molecule has 1 atom stereocenters. The number of hydrogen-bond donors (Lipinski definition) is 2. The summed E-state index contributed by atoms with van der Waals surface area (Å²) in [5.41, 5.74) is 1.69. The molecule has 1 aliphatic carbocycles. The maximum Gasteiger partial charge on any atom is 0.224 e. The molecule has 1 fully saturated rings. The lowest BCUT2D eigenvalue weighted by Gasteiger charge is -2.12. The zero-order valence-corrected chi connectivity index (χ0v) is 10.4. The lowest BCUT2D eigenvalue weighted by atomic mass is 10.1. The first-order valence-electron chi connectivity index (χ1n) is 6.14. The van der Waals surface area contributed by atoms with Gasteiger partial charge in [-0.1, -0.05) is 12.1 Å². The fourth-order valence-corrected chi connectivity index (χ4v) is 1.97. The molecule has 92 valence electrons. The molecule has 0 saturated heterocycles. The molecule has 1 saturated carbocycles. The van der Waals surface area contributed by atoms with Gasteiger partial charge in [0, 0.05) is 6.04 Å². The summed E-state index contributed by atoms with van der Waals surface area (Å²) >= 11 is 0. The number of carbonyl (C=O) groups is 1. The summed E-state index contributed by atoms with van der Waals surface area (Å²) < 4.78 is 0. The van der Waals surface area contributed by atoms with Crippen molar-refractivity contribution in [1.29, 1.82) is 0 Å². The maximum absolute atomic E-state index is 11.8. The Morgan fingerprint density at radius 3 is 2.82 bits per heavy atom. The van der Waals surface area contributed by atoms with Crippen LogP contribution in [0.1, 0.15) is 30.9 Å². The molecular weight excluding hydrogens is 214 g/mol. The molecule has 0 aromatic heterocycles. The van der Waals surface area contributed by atoms with Crippen LogP contribution in [0.5, 0.6) is 5.75 Å². The Hall–Kier alpha value is -1.51. The van der Waals surface area contributed by atoms with Crippen LogP contribution in [0, 0.1) is 12.8 Å². The van der Waals surface area contributed by atoms with E-state index in [-0.39, 0.29) is 17.7 Å². The Morgan fingerprint density at radius 2 is 2.24 bits per heavy atom.